The minimum Gasteiger partial charge on any atom is -0.352 e. The number of hydrogen-bond acceptors (Lipinski definition) is 2. The summed E-state index contributed by atoms with van der Waals surface area (Å²) in [5.41, 5.74) is 6.78. The van der Waals surface area contributed by atoms with Crippen LogP contribution in [-0.2, 0) is 0 Å². The number of carbonyl (C=O) groups is 1. The monoisotopic (exact) mass is 258 g/mol. The van der Waals surface area contributed by atoms with Crippen LogP contribution in [0.25, 0.3) is 0 Å². The first-order valence-corrected chi connectivity index (χ1v) is 6.61. The first-order chi connectivity index (χ1) is 9.04. The van der Waals surface area contributed by atoms with Crippen molar-refractivity contribution in [1.29, 1.82) is 0 Å². The van der Waals surface area contributed by atoms with E-state index < -0.39 is 0 Å². The molecule has 1 atom stereocenters. The highest BCUT2D eigenvalue weighted by atomic mass is 16.1. The lowest BCUT2D eigenvalue weighted by Crippen LogP contribution is -2.30. The normalized spacial score (nSPS) is 11.6. The largest absolute Gasteiger partial charge is 0.352 e. The Morgan fingerprint density at radius 1 is 1.37 bits per heavy atom. The van der Waals surface area contributed by atoms with Gasteiger partial charge in [-0.3, -0.25) is 4.79 Å². The molecule has 0 saturated carbocycles. The Morgan fingerprint density at radius 2 is 2.11 bits per heavy atom. The SMILES string of the molecule is CC(C)C(C)CNC(=O)c1cccc(C#CCN)c1. The summed E-state index contributed by atoms with van der Waals surface area (Å²) in [6, 6.07) is 7.29. The highest BCUT2D eigenvalue weighted by Crippen LogP contribution is 2.09. The Kier molecular flexibility index (Phi) is 6.11. The van der Waals surface area contributed by atoms with Crippen LogP contribution in [0.1, 0.15) is 36.7 Å². The van der Waals surface area contributed by atoms with Crippen molar-refractivity contribution in [3.8, 4) is 11.8 Å². The van der Waals surface area contributed by atoms with E-state index in [1.165, 1.54) is 0 Å². The van der Waals surface area contributed by atoms with Gasteiger partial charge >= 0.3 is 0 Å². The van der Waals surface area contributed by atoms with Gasteiger partial charge in [0.25, 0.3) is 5.91 Å². The van der Waals surface area contributed by atoms with Gasteiger partial charge in [-0.1, -0.05) is 38.7 Å². The Hall–Kier alpha value is -1.79. The number of nitrogens with two attached hydrogens (primary N) is 1. The van der Waals surface area contributed by atoms with Crippen molar-refractivity contribution in [2.24, 2.45) is 17.6 Å². The molecule has 0 radical (unpaired) electrons. The number of nitrogens with one attached hydrogen (secondary N) is 1. The molecule has 0 aromatic heterocycles. The van der Waals surface area contributed by atoms with Crippen LogP contribution in [0.15, 0.2) is 24.3 Å². The van der Waals surface area contributed by atoms with Crippen molar-refractivity contribution in [3.63, 3.8) is 0 Å². The van der Waals surface area contributed by atoms with Crippen LogP contribution in [0, 0.1) is 23.7 Å². The topological polar surface area (TPSA) is 55.1 Å². The maximum absolute atomic E-state index is 12.0. The summed E-state index contributed by atoms with van der Waals surface area (Å²) in [6.07, 6.45) is 0. The van der Waals surface area contributed by atoms with E-state index in [9.17, 15) is 4.79 Å². The molecule has 1 aromatic carbocycles. The maximum atomic E-state index is 12.0. The zero-order valence-electron chi connectivity index (χ0n) is 11.9. The zero-order chi connectivity index (χ0) is 14.3. The molecular formula is C16H22N2O. The van der Waals surface area contributed by atoms with E-state index >= 15 is 0 Å². The number of hydrogen-bond donors (Lipinski definition) is 2. The molecule has 3 N–H and O–H groups in total. The van der Waals surface area contributed by atoms with Crippen LogP contribution in [0.5, 0.6) is 0 Å². The van der Waals surface area contributed by atoms with E-state index in [1.54, 1.807) is 12.1 Å². The average Bonchev–Trinajstić information content (AvgIpc) is 2.42. The van der Waals surface area contributed by atoms with Crippen molar-refractivity contribution >= 4 is 5.91 Å². The summed E-state index contributed by atoms with van der Waals surface area (Å²) in [7, 11) is 0. The second-order valence-corrected chi connectivity index (χ2v) is 5.02. The van der Waals surface area contributed by atoms with Crippen LogP contribution in [0.3, 0.4) is 0 Å². The van der Waals surface area contributed by atoms with E-state index in [1.807, 2.05) is 12.1 Å². The van der Waals surface area contributed by atoms with Gasteiger partial charge in [0.05, 0.1) is 6.54 Å². The summed E-state index contributed by atoms with van der Waals surface area (Å²) in [5.74, 6) is 6.68. The molecule has 1 rings (SSSR count). The van der Waals surface area contributed by atoms with E-state index in [0.717, 1.165) is 5.56 Å². The standard InChI is InChI=1S/C16H22N2O/c1-12(2)13(3)11-18-16(19)15-8-4-6-14(10-15)7-5-9-17/h4,6,8,10,12-13H,9,11,17H2,1-3H3,(H,18,19). The average molecular weight is 258 g/mol. The van der Waals surface area contributed by atoms with Crippen molar-refractivity contribution < 1.29 is 4.79 Å². The molecule has 0 bridgehead atoms. The van der Waals surface area contributed by atoms with Crippen molar-refractivity contribution in [2.45, 2.75) is 20.8 Å². The van der Waals surface area contributed by atoms with Crippen LogP contribution in [-0.4, -0.2) is 19.0 Å². The fourth-order valence-corrected chi connectivity index (χ4v) is 1.48. The number of benzene rings is 1. The van der Waals surface area contributed by atoms with Gasteiger partial charge in [0.15, 0.2) is 0 Å². The fraction of sp³-hybridized carbons (Fsp3) is 0.438. The van der Waals surface area contributed by atoms with Crippen molar-refractivity contribution in [1.82, 2.24) is 5.32 Å². The lowest BCUT2D eigenvalue weighted by Gasteiger charge is -2.16. The predicted molar refractivity (Wildman–Crippen MR) is 78.7 cm³/mol. The van der Waals surface area contributed by atoms with Crippen molar-refractivity contribution in [2.75, 3.05) is 13.1 Å². The van der Waals surface area contributed by atoms with Gasteiger partial charge in [-0.2, -0.15) is 0 Å². The third kappa shape index (κ3) is 5.15. The molecule has 19 heavy (non-hydrogen) atoms. The van der Waals surface area contributed by atoms with Crippen LogP contribution in [0.2, 0.25) is 0 Å². The minimum atomic E-state index is -0.0519. The zero-order valence-corrected chi connectivity index (χ0v) is 11.9. The molecule has 0 fully saturated rings. The van der Waals surface area contributed by atoms with Gasteiger partial charge in [0.1, 0.15) is 0 Å². The molecule has 0 aliphatic carbocycles. The number of carbonyl (C=O) groups excluding carboxylic acids is 1. The van der Waals surface area contributed by atoms with E-state index in [0.29, 0.717) is 30.5 Å². The number of amides is 1. The van der Waals surface area contributed by atoms with Gasteiger partial charge in [-0.15, -0.1) is 0 Å². The predicted octanol–water partition coefficient (Wildman–Crippen LogP) is 2.02. The van der Waals surface area contributed by atoms with E-state index in [-0.39, 0.29) is 5.91 Å². The summed E-state index contributed by atoms with van der Waals surface area (Å²) in [6.45, 7) is 7.45. The second-order valence-electron chi connectivity index (χ2n) is 5.02. The summed E-state index contributed by atoms with van der Waals surface area (Å²) >= 11 is 0. The molecule has 1 amide bonds. The molecule has 0 aliphatic heterocycles. The maximum Gasteiger partial charge on any atom is 0.251 e. The van der Waals surface area contributed by atoms with E-state index in [4.69, 9.17) is 5.73 Å². The summed E-state index contributed by atoms with van der Waals surface area (Å²) in [5, 5.41) is 2.95. The van der Waals surface area contributed by atoms with Crippen LogP contribution >= 0.6 is 0 Å². The number of rotatable bonds is 4. The molecule has 0 saturated heterocycles. The molecule has 0 aliphatic rings. The molecule has 3 nitrogen and oxygen atoms in total. The van der Waals surface area contributed by atoms with Crippen LogP contribution < -0.4 is 11.1 Å². The highest BCUT2D eigenvalue weighted by Gasteiger charge is 2.10. The third-order valence-corrected chi connectivity index (χ3v) is 3.18. The van der Waals surface area contributed by atoms with E-state index in [2.05, 4.69) is 37.9 Å². The molecule has 1 unspecified atom stereocenters. The lowest BCUT2D eigenvalue weighted by atomic mass is 9.98. The highest BCUT2D eigenvalue weighted by molar-refractivity contribution is 5.94. The van der Waals surface area contributed by atoms with Gasteiger partial charge in [0.2, 0.25) is 0 Å². The van der Waals surface area contributed by atoms with Gasteiger partial charge < -0.3 is 11.1 Å². The quantitative estimate of drug-likeness (QED) is 0.812. The Bertz CT molecular complexity index is 483. The Balaban J connectivity index is 2.67. The van der Waals surface area contributed by atoms with Gasteiger partial charge in [-0.25, -0.2) is 0 Å². The summed E-state index contributed by atoms with van der Waals surface area (Å²) < 4.78 is 0. The molecule has 102 valence electrons. The lowest BCUT2D eigenvalue weighted by molar-refractivity contribution is 0.0945. The summed E-state index contributed by atoms with van der Waals surface area (Å²) in [4.78, 5) is 12.0. The first-order valence-electron chi connectivity index (χ1n) is 6.61. The molecular weight excluding hydrogens is 236 g/mol. The second kappa shape index (κ2) is 7.60. The molecule has 3 heteroatoms. The third-order valence-electron chi connectivity index (χ3n) is 3.18. The molecule has 0 heterocycles. The molecule has 0 spiro atoms. The molecule has 1 aromatic rings. The van der Waals surface area contributed by atoms with Crippen LogP contribution in [0.4, 0.5) is 0 Å². The van der Waals surface area contributed by atoms with Gasteiger partial charge in [-0.05, 0) is 30.0 Å². The smallest absolute Gasteiger partial charge is 0.251 e. The Labute approximate surface area is 115 Å². The van der Waals surface area contributed by atoms with Gasteiger partial charge in [0, 0.05) is 17.7 Å². The van der Waals surface area contributed by atoms with Crippen molar-refractivity contribution in [3.05, 3.63) is 35.4 Å². The first kappa shape index (κ1) is 15.3. The fourth-order valence-electron chi connectivity index (χ4n) is 1.48. The minimum absolute atomic E-state index is 0.0519. The Morgan fingerprint density at radius 3 is 2.74 bits per heavy atom.